The number of nitrogens with zero attached hydrogens (tertiary/aromatic N) is 1. The summed E-state index contributed by atoms with van der Waals surface area (Å²) in [6.45, 7) is 5.65. The molecule has 0 spiro atoms. The summed E-state index contributed by atoms with van der Waals surface area (Å²) in [4.78, 5) is 23.2. The van der Waals surface area contributed by atoms with E-state index in [4.69, 9.17) is 0 Å². The zero-order valence-electron chi connectivity index (χ0n) is 8.96. The Balaban J connectivity index is 3.69. The van der Waals surface area contributed by atoms with Crippen LogP contribution in [0.4, 0.5) is 0 Å². The first kappa shape index (κ1) is 12.1. The largest absolute Gasteiger partial charge is 0.286 e. The van der Waals surface area contributed by atoms with Crippen molar-refractivity contribution >= 4 is 11.8 Å². The van der Waals surface area contributed by atoms with Gasteiger partial charge in [-0.2, -0.15) is 0 Å². The zero-order valence-corrected chi connectivity index (χ0v) is 8.96. The lowest BCUT2D eigenvalue weighted by Gasteiger charge is -2.12. The number of carbonyl (C=O) groups is 2. The maximum atomic E-state index is 11.3. The fraction of sp³-hybridized carbons (Fsp3) is 0.800. The van der Waals surface area contributed by atoms with Gasteiger partial charge in [0.25, 0.3) is 0 Å². The van der Waals surface area contributed by atoms with E-state index in [1.54, 1.807) is 0 Å². The first-order valence-corrected chi connectivity index (χ1v) is 4.72. The lowest BCUT2D eigenvalue weighted by Crippen LogP contribution is -2.30. The maximum absolute atomic E-state index is 11.3. The van der Waals surface area contributed by atoms with Crippen LogP contribution in [0.3, 0.4) is 0 Å². The van der Waals surface area contributed by atoms with Gasteiger partial charge < -0.3 is 0 Å². The van der Waals surface area contributed by atoms with E-state index in [1.807, 2.05) is 0 Å². The quantitative estimate of drug-likeness (QED) is 0.670. The fourth-order valence-electron chi connectivity index (χ4n) is 1.00. The van der Waals surface area contributed by atoms with E-state index in [2.05, 4.69) is 13.8 Å². The highest BCUT2D eigenvalue weighted by Crippen LogP contribution is 2.07. The number of hydrogen-bond donors (Lipinski definition) is 0. The van der Waals surface area contributed by atoms with E-state index in [9.17, 15) is 9.59 Å². The van der Waals surface area contributed by atoms with Gasteiger partial charge in [0.05, 0.1) is 0 Å². The van der Waals surface area contributed by atoms with E-state index in [0.717, 1.165) is 12.8 Å². The topological polar surface area (TPSA) is 37.4 Å². The summed E-state index contributed by atoms with van der Waals surface area (Å²) in [6.07, 6.45) is 2.39. The minimum Gasteiger partial charge on any atom is -0.286 e. The lowest BCUT2D eigenvalue weighted by molar-refractivity contribution is -0.141. The normalized spacial score (nSPS) is 10.2. The highest BCUT2D eigenvalue weighted by atomic mass is 16.2. The molecule has 0 saturated heterocycles. The molecule has 3 heteroatoms. The van der Waals surface area contributed by atoms with E-state index >= 15 is 0 Å². The third kappa shape index (κ3) is 5.39. The van der Waals surface area contributed by atoms with Crippen molar-refractivity contribution in [3.05, 3.63) is 0 Å². The average molecular weight is 185 g/mol. The Hall–Kier alpha value is -0.860. The molecule has 0 atom stereocenters. The Morgan fingerprint density at radius 1 is 1.31 bits per heavy atom. The summed E-state index contributed by atoms with van der Waals surface area (Å²) >= 11 is 0. The third-order valence-electron chi connectivity index (χ3n) is 2.02. The summed E-state index contributed by atoms with van der Waals surface area (Å²) in [6, 6.07) is 0. The molecule has 0 aromatic heterocycles. The second kappa shape index (κ2) is 5.73. The van der Waals surface area contributed by atoms with Gasteiger partial charge in [-0.05, 0) is 12.3 Å². The third-order valence-corrected chi connectivity index (χ3v) is 2.02. The Morgan fingerprint density at radius 2 is 1.85 bits per heavy atom. The SMILES string of the molecule is CC(=O)N(C)C(=O)CCCC(C)C. The fourth-order valence-corrected chi connectivity index (χ4v) is 1.00. The zero-order chi connectivity index (χ0) is 10.4. The molecule has 13 heavy (non-hydrogen) atoms. The van der Waals surface area contributed by atoms with Crippen molar-refractivity contribution in [2.24, 2.45) is 5.92 Å². The van der Waals surface area contributed by atoms with Gasteiger partial charge in [-0.1, -0.05) is 20.3 Å². The number of rotatable bonds is 4. The molecule has 0 rings (SSSR count). The Bertz CT molecular complexity index is 187. The van der Waals surface area contributed by atoms with Crippen molar-refractivity contribution in [3.63, 3.8) is 0 Å². The molecule has 0 aliphatic carbocycles. The standard InChI is InChI=1S/C10H19NO2/c1-8(2)6-5-7-10(13)11(4)9(3)12/h8H,5-7H2,1-4H3. The van der Waals surface area contributed by atoms with E-state index in [0.29, 0.717) is 12.3 Å². The number of imide groups is 1. The van der Waals surface area contributed by atoms with Crippen LogP contribution in [0, 0.1) is 5.92 Å². The Labute approximate surface area is 80.1 Å². The van der Waals surface area contributed by atoms with Gasteiger partial charge in [-0.15, -0.1) is 0 Å². The van der Waals surface area contributed by atoms with Gasteiger partial charge in [0, 0.05) is 20.4 Å². The average Bonchev–Trinajstić information content (AvgIpc) is 2.02. The highest BCUT2D eigenvalue weighted by molar-refractivity contribution is 5.93. The molecule has 0 bridgehead atoms. The molecular formula is C10H19NO2. The van der Waals surface area contributed by atoms with Gasteiger partial charge >= 0.3 is 0 Å². The van der Waals surface area contributed by atoms with E-state index in [1.165, 1.54) is 18.9 Å². The second-order valence-electron chi connectivity index (χ2n) is 3.76. The molecule has 0 saturated carbocycles. The number of carbonyl (C=O) groups excluding carboxylic acids is 2. The molecule has 0 aromatic carbocycles. The van der Waals surface area contributed by atoms with Gasteiger partial charge in [0.2, 0.25) is 11.8 Å². The minimum atomic E-state index is -0.186. The summed E-state index contributed by atoms with van der Waals surface area (Å²) in [5.74, 6) is 0.359. The van der Waals surface area contributed by atoms with Crippen molar-refractivity contribution in [1.29, 1.82) is 0 Å². The highest BCUT2D eigenvalue weighted by Gasteiger charge is 2.11. The predicted molar refractivity (Wildman–Crippen MR) is 52.1 cm³/mol. The molecule has 0 aromatic rings. The maximum Gasteiger partial charge on any atom is 0.228 e. The molecular weight excluding hydrogens is 166 g/mol. The molecule has 0 fully saturated rings. The minimum absolute atomic E-state index is 0.0758. The van der Waals surface area contributed by atoms with Gasteiger partial charge in [-0.25, -0.2) is 0 Å². The molecule has 3 nitrogen and oxygen atoms in total. The summed E-state index contributed by atoms with van der Waals surface area (Å²) < 4.78 is 0. The van der Waals surface area contributed by atoms with Crippen LogP contribution in [0.25, 0.3) is 0 Å². The van der Waals surface area contributed by atoms with Crippen LogP contribution in [0.1, 0.15) is 40.0 Å². The molecule has 76 valence electrons. The van der Waals surface area contributed by atoms with Crippen LogP contribution in [0.15, 0.2) is 0 Å². The van der Waals surface area contributed by atoms with Crippen molar-refractivity contribution < 1.29 is 9.59 Å². The van der Waals surface area contributed by atoms with Gasteiger partial charge in [0.15, 0.2) is 0 Å². The van der Waals surface area contributed by atoms with E-state index < -0.39 is 0 Å². The predicted octanol–water partition coefficient (Wildman–Crippen LogP) is 1.82. The van der Waals surface area contributed by atoms with Gasteiger partial charge in [-0.3, -0.25) is 14.5 Å². The van der Waals surface area contributed by atoms with Crippen molar-refractivity contribution in [2.45, 2.75) is 40.0 Å². The van der Waals surface area contributed by atoms with E-state index in [-0.39, 0.29) is 11.8 Å². The van der Waals surface area contributed by atoms with Crippen LogP contribution in [-0.4, -0.2) is 23.8 Å². The Morgan fingerprint density at radius 3 is 2.23 bits per heavy atom. The molecule has 0 aliphatic heterocycles. The van der Waals surface area contributed by atoms with Crippen LogP contribution >= 0.6 is 0 Å². The second-order valence-corrected chi connectivity index (χ2v) is 3.76. The van der Waals surface area contributed by atoms with Crippen molar-refractivity contribution in [1.82, 2.24) is 4.90 Å². The van der Waals surface area contributed by atoms with Crippen LogP contribution in [0.5, 0.6) is 0 Å². The first-order chi connectivity index (χ1) is 5.95. The summed E-state index contributed by atoms with van der Waals surface area (Å²) in [5.41, 5.74) is 0. The lowest BCUT2D eigenvalue weighted by atomic mass is 10.1. The molecule has 0 aliphatic rings. The van der Waals surface area contributed by atoms with Crippen LogP contribution < -0.4 is 0 Å². The smallest absolute Gasteiger partial charge is 0.228 e. The first-order valence-electron chi connectivity index (χ1n) is 4.72. The Kier molecular flexibility index (Phi) is 5.35. The molecule has 2 amide bonds. The number of hydrogen-bond acceptors (Lipinski definition) is 2. The molecule has 0 N–H and O–H groups in total. The molecule has 0 heterocycles. The van der Waals surface area contributed by atoms with Gasteiger partial charge in [0.1, 0.15) is 0 Å². The summed E-state index contributed by atoms with van der Waals surface area (Å²) in [7, 11) is 1.53. The van der Waals surface area contributed by atoms with Crippen molar-refractivity contribution in [3.8, 4) is 0 Å². The van der Waals surface area contributed by atoms with Crippen molar-refractivity contribution in [2.75, 3.05) is 7.05 Å². The molecule has 0 radical (unpaired) electrons. The molecule has 0 unspecified atom stereocenters. The van der Waals surface area contributed by atoms with Crippen LogP contribution in [-0.2, 0) is 9.59 Å². The summed E-state index contributed by atoms with van der Waals surface area (Å²) in [5, 5.41) is 0. The van der Waals surface area contributed by atoms with Crippen LogP contribution in [0.2, 0.25) is 0 Å². The number of amides is 2. The monoisotopic (exact) mass is 185 g/mol.